The molecule has 0 fully saturated rings. The Hall–Kier alpha value is -3.39. The lowest BCUT2D eigenvalue weighted by Crippen LogP contribution is -2.14. The molecule has 0 unspecified atom stereocenters. The smallest absolute Gasteiger partial charge is 0.249 e. The maximum atomic E-state index is 12.5. The van der Waals surface area contributed by atoms with Crippen LogP contribution < -0.4 is 5.73 Å². The summed E-state index contributed by atoms with van der Waals surface area (Å²) in [5.74, 6) is -0.413. The first-order valence-corrected chi connectivity index (χ1v) is 8.22. The second-order valence-electron chi connectivity index (χ2n) is 5.99. The molecule has 0 aromatic heterocycles. The minimum Gasteiger partial charge on any atom is -0.366 e. The summed E-state index contributed by atoms with van der Waals surface area (Å²) in [4.78, 5) is 12.5. The molecule has 4 rings (SSSR count). The van der Waals surface area contributed by atoms with E-state index in [0.717, 1.165) is 33.0 Å². The van der Waals surface area contributed by atoms with Gasteiger partial charge in [-0.3, -0.25) is 4.79 Å². The summed E-state index contributed by atoms with van der Waals surface area (Å²) >= 11 is 0. The van der Waals surface area contributed by atoms with Crippen LogP contribution in [0.4, 0.5) is 0 Å². The second-order valence-corrected chi connectivity index (χ2v) is 5.99. The molecule has 0 bridgehead atoms. The van der Waals surface area contributed by atoms with Gasteiger partial charge in [0.1, 0.15) is 0 Å². The Morgan fingerprint density at radius 2 is 1.24 bits per heavy atom. The average molecular weight is 323 g/mol. The number of carbonyl (C=O) groups is 1. The molecule has 0 atom stereocenters. The van der Waals surface area contributed by atoms with Gasteiger partial charge in [-0.2, -0.15) is 0 Å². The first kappa shape index (κ1) is 15.2. The number of carbonyl (C=O) groups excluding carboxylic acids is 1. The zero-order chi connectivity index (χ0) is 17.2. The topological polar surface area (TPSA) is 43.1 Å². The predicted molar refractivity (Wildman–Crippen MR) is 103 cm³/mol. The molecule has 0 spiro atoms. The Balaban J connectivity index is 2.17. The van der Waals surface area contributed by atoms with E-state index in [1.807, 2.05) is 78.9 Å². The number of hydrogen-bond donors (Lipinski definition) is 1. The number of amides is 1. The molecule has 2 N–H and O–H groups in total. The van der Waals surface area contributed by atoms with Crippen LogP contribution in [-0.4, -0.2) is 5.91 Å². The van der Waals surface area contributed by atoms with Crippen molar-refractivity contribution in [3.63, 3.8) is 0 Å². The third kappa shape index (κ3) is 2.68. The molecule has 2 nitrogen and oxygen atoms in total. The quantitative estimate of drug-likeness (QED) is 0.548. The van der Waals surface area contributed by atoms with Gasteiger partial charge in [-0.1, -0.05) is 84.9 Å². The van der Waals surface area contributed by atoms with Gasteiger partial charge >= 0.3 is 0 Å². The molecule has 0 heterocycles. The van der Waals surface area contributed by atoms with Crippen LogP contribution in [0.2, 0.25) is 0 Å². The number of benzene rings is 4. The lowest BCUT2D eigenvalue weighted by molar-refractivity contribution is 0.100. The van der Waals surface area contributed by atoms with E-state index in [1.54, 1.807) is 0 Å². The summed E-state index contributed by atoms with van der Waals surface area (Å²) in [6.45, 7) is 0. The van der Waals surface area contributed by atoms with Crippen molar-refractivity contribution in [2.45, 2.75) is 0 Å². The van der Waals surface area contributed by atoms with Crippen LogP contribution in [0.15, 0.2) is 91.0 Å². The van der Waals surface area contributed by atoms with Crippen LogP contribution in [0.5, 0.6) is 0 Å². The summed E-state index contributed by atoms with van der Waals surface area (Å²) in [6.07, 6.45) is 0. The van der Waals surface area contributed by atoms with Crippen molar-refractivity contribution in [3.05, 3.63) is 96.6 Å². The highest BCUT2D eigenvalue weighted by Gasteiger charge is 2.19. The van der Waals surface area contributed by atoms with Crippen molar-refractivity contribution < 1.29 is 4.79 Å². The molecular formula is C23H17NO. The highest BCUT2D eigenvalue weighted by Crippen LogP contribution is 2.38. The molecule has 0 radical (unpaired) electrons. The van der Waals surface area contributed by atoms with Crippen LogP contribution in [-0.2, 0) is 0 Å². The van der Waals surface area contributed by atoms with Gasteiger partial charge in [0.05, 0.1) is 5.56 Å². The lowest BCUT2D eigenvalue weighted by atomic mass is 9.87. The van der Waals surface area contributed by atoms with Crippen LogP contribution in [0, 0.1) is 0 Å². The molecule has 1 amide bonds. The monoisotopic (exact) mass is 323 g/mol. The number of hydrogen-bond acceptors (Lipinski definition) is 1. The van der Waals surface area contributed by atoms with Crippen molar-refractivity contribution in [2.75, 3.05) is 0 Å². The Kier molecular flexibility index (Phi) is 3.79. The van der Waals surface area contributed by atoms with E-state index in [-0.39, 0.29) is 0 Å². The zero-order valence-corrected chi connectivity index (χ0v) is 13.6. The highest BCUT2D eigenvalue weighted by atomic mass is 16.1. The fourth-order valence-electron chi connectivity index (χ4n) is 3.35. The van der Waals surface area contributed by atoms with Gasteiger partial charge in [0, 0.05) is 5.56 Å². The first-order valence-electron chi connectivity index (χ1n) is 8.22. The van der Waals surface area contributed by atoms with Crippen LogP contribution in [0.1, 0.15) is 10.4 Å². The van der Waals surface area contributed by atoms with E-state index in [9.17, 15) is 4.79 Å². The van der Waals surface area contributed by atoms with E-state index < -0.39 is 5.91 Å². The van der Waals surface area contributed by atoms with Crippen LogP contribution in [0.25, 0.3) is 33.0 Å². The highest BCUT2D eigenvalue weighted by molar-refractivity contribution is 6.14. The van der Waals surface area contributed by atoms with Gasteiger partial charge in [0.2, 0.25) is 5.91 Å². The molecule has 4 aromatic rings. The lowest BCUT2D eigenvalue weighted by Gasteiger charge is -2.16. The number of nitrogens with two attached hydrogens (primary N) is 1. The van der Waals surface area contributed by atoms with Crippen LogP contribution >= 0.6 is 0 Å². The maximum Gasteiger partial charge on any atom is 0.249 e. The van der Waals surface area contributed by atoms with Crippen molar-refractivity contribution in [2.24, 2.45) is 5.73 Å². The minimum atomic E-state index is -0.413. The van der Waals surface area contributed by atoms with Crippen molar-refractivity contribution in [1.82, 2.24) is 0 Å². The zero-order valence-electron chi connectivity index (χ0n) is 13.6. The van der Waals surface area contributed by atoms with Crippen molar-refractivity contribution in [3.8, 4) is 22.3 Å². The summed E-state index contributed by atoms with van der Waals surface area (Å²) in [6, 6.07) is 30.0. The maximum absolute atomic E-state index is 12.5. The summed E-state index contributed by atoms with van der Waals surface area (Å²) in [5, 5.41) is 2.12. The first-order chi connectivity index (χ1) is 12.3. The van der Waals surface area contributed by atoms with Crippen molar-refractivity contribution >= 4 is 16.7 Å². The average Bonchev–Trinajstić information content (AvgIpc) is 2.67. The van der Waals surface area contributed by atoms with Crippen molar-refractivity contribution in [1.29, 1.82) is 0 Å². The summed E-state index contributed by atoms with van der Waals surface area (Å²) in [5.41, 5.74) is 10.1. The molecule has 25 heavy (non-hydrogen) atoms. The summed E-state index contributed by atoms with van der Waals surface area (Å²) in [7, 11) is 0. The molecule has 0 saturated carbocycles. The third-order valence-electron chi connectivity index (χ3n) is 4.44. The van der Waals surface area contributed by atoms with Crippen LogP contribution in [0.3, 0.4) is 0 Å². The standard InChI is InChI=1S/C23H17NO/c24-23(25)22-20(16-9-3-1-4-10-16)15-18-13-7-8-14-19(18)21(22)17-11-5-2-6-12-17/h1-15H,(H2,24,25). The Bertz CT molecular complexity index is 1050. The summed E-state index contributed by atoms with van der Waals surface area (Å²) < 4.78 is 0. The van der Waals surface area contributed by atoms with E-state index in [4.69, 9.17) is 5.73 Å². The van der Waals surface area contributed by atoms with E-state index in [1.165, 1.54) is 0 Å². The fourth-order valence-corrected chi connectivity index (χ4v) is 3.35. The Morgan fingerprint density at radius 3 is 1.88 bits per heavy atom. The van der Waals surface area contributed by atoms with E-state index in [0.29, 0.717) is 5.56 Å². The van der Waals surface area contributed by atoms with Gasteiger partial charge in [-0.05, 0) is 33.5 Å². The Labute approximate surface area is 146 Å². The van der Waals surface area contributed by atoms with E-state index >= 15 is 0 Å². The number of rotatable bonds is 3. The molecule has 0 saturated heterocycles. The molecule has 0 aliphatic rings. The van der Waals surface area contributed by atoms with Gasteiger partial charge in [-0.25, -0.2) is 0 Å². The van der Waals surface area contributed by atoms with Gasteiger partial charge in [0.25, 0.3) is 0 Å². The minimum absolute atomic E-state index is 0.413. The number of primary amides is 1. The molecule has 0 aliphatic heterocycles. The van der Waals surface area contributed by atoms with E-state index in [2.05, 4.69) is 12.1 Å². The normalized spacial score (nSPS) is 10.7. The molecule has 120 valence electrons. The third-order valence-corrected chi connectivity index (χ3v) is 4.44. The molecule has 4 aromatic carbocycles. The SMILES string of the molecule is NC(=O)c1c(-c2ccccc2)cc2ccccc2c1-c1ccccc1. The fraction of sp³-hybridized carbons (Fsp3) is 0. The predicted octanol–water partition coefficient (Wildman–Crippen LogP) is 5.27. The molecular weight excluding hydrogens is 306 g/mol. The largest absolute Gasteiger partial charge is 0.366 e. The molecule has 2 heteroatoms. The van der Waals surface area contributed by atoms with Gasteiger partial charge in [-0.15, -0.1) is 0 Å². The van der Waals surface area contributed by atoms with Gasteiger partial charge in [0.15, 0.2) is 0 Å². The second kappa shape index (κ2) is 6.25. The number of fused-ring (bicyclic) bond motifs is 1. The van der Waals surface area contributed by atoms with Gasteiger partial charge < -0.3 is 5.73 Å². The molecule has 0 aliphatic carbocycles. The Morgan fingerprint density at radius 1 is 0.680 bits per heavy atom.